The van der Waals surface area contributed by atoms with Gasteiger partial charge in [-0.1, -0.05) is 0 Å². The molecular formula is C8H14N2O2. The number of nitrogens with zero attached hydrogens (tertiary/aromatic N) is 1. The number of likely N-dealkylation sites (tertiary alicyclic amines) is 1. The van der Waals surface area contributed by atoms with Crippen LogP contribution >= 0.6 is 0 Å². The molecule has 0 aliphatic carbocycles. The first-order valence-electron chi connectivity index (χ1n) is 4.38. The minimum atomic E-state index is 0.0187. The summed E-state index contributed by atoms with van der Waals surface area (Å²) in [5, 5.41) is 0. The van der Waals surface area contributed by atoms with Crippen LogP contribution in [-0.2, 0) is 9.53 Å². The van der Waals surface area contributed by atoms with Crippen LogP contribution in [0.25, 0.3) is 0 Å². The van der Waals surface area contributed by atoms with Gasteiger partial charge < -0.3 is 15.4 Å². The van der Waals surface area contributed by atoms with Gasteiger partial charge in [0.1, 0.15) is 0 Å². The smallest absolute Gasteiger partial charge is 0.236 e. The highest BCUT2D eigenvalue weighted by molar-refractivity contribution is 5.78. The number of nitrogens with two attached hydrogens (primary N) is 1. The van der Waals surface area contributed by atoms with E-state index in [1.807, 2.05) is 0 Å². The standard InChI is InChI=1S/C8H14N2O2/c9-5-7(11)10-3-1-8(6-10)2-4-12-8/h1-6,9H2. The Bertz CT molecular complexity index is 201. The molecule has 1 spiro atoms. The molecule has 2 saturated heterocycles. The lowest BCUT2D eigenvalue weighted by atomic mass is 9.94. The van der Waals surface area contributed by atoms with Gasteiger partial charge in [-0.15, -0.1) is 0 Å². The first kappa shape index (κ1) is 8.01. The maximum atomic E-state index is 11.2. The van der Waals surface area contributed by atoms with Crippen molar-refractivity contribution in [3.63, 3.8) is 0 Å². The van der Waals surface area contributed by atoms with E-state index in [9.17, 15) is 4.79 Å². The molecular weight excluding hydrogens is 156 g/mol. The Morgan fingerprint density at radius 3 is 2.75 bits per heavy atom. The van der Waals surface area contributed by atoms with Gasteiger partial charge in [0.2, 0.25) is 5.91 Å². The zero-order valence-electron chi connectivity index (χ0n) is 7.08. The van der Waals surface area contributed by atoms with Gasteiger partial charge in [-0.05, 0) is 6.42 Å². The predicted octanol–water partition coefficient (Wildman–Crippen LogP) is -0.663. The maximum Gasteiger partial charge on any atom is 0.236 e. The van der Waals surface area contributed by atoms with Crippen molar-refractivity contribution < 1.29 is 9.53 Å². The van der Waals surface area contributed by atoms with Crippen LogP contribution in [0.2, 0.25) is 0 Å². The third-order valence-corrected chi connectivity index (χ3v) is 2.81. The molecule has 0 aromatic rings. The fraction of sp³-hybridized carbons (Fsp3) is 0.875. The summed E-state index contributed by atoms with van der Waals surface area (Å²) < 4.78 is 5.47. The minimum absolute atomic E-state index is 0.0187. The third-order valence-electron chi connectivity index (χ3n) is 2.81. The molecule has 68 valence electrons. The van der Waals surface area contributed by atoms with Crippen molar-refractivity contribution >= 4 is 5.91 Å². The van der Waals surface area contributed by atoms with E-state index in [1.54, 1.807) is 4.90 Å². The van der Waals surface area contributed by atoms with Crippen molar-refractivity contribution in [3.05, 3.63) is 0 Å². The number of amides is 1. The highest BCUT2D eigenvalue weighted by Gasteiger charge is 2.45. The summed E-state index contributed by atoms with van der Waals surface area (Å²) in [6.07, 6.45) is 2.08. The normalized spacial score (nSPS) is 33.9. The Morgan fingerprint density at radius 2 is 2.33 bits per heavy atom. The number of carbonyl (C=O) groups is 1. The van der Waals surface area contributed by atoms with E-state index < -0.39 is 0 Å². The fourth-order valence-electron chi connectivity index (χ4n) is 1.90. The van der Waals surface area contributed by atoms with Gasteiger partial charge in [-0.25, -0.2) is 0 Å². The molecule has 2 rings (SSSR count). The molecule has 2 fully saturated rings. The quantitative estimate of drug-likeness (QED) is 0.568. The molecule has 2 aliphatic rings. The fourth-order valence-corrected chi connectivity index (χ4v) is 1.90. The molecule has 0 bridgehead atoms. The molecule has 1 unspecified atom stereocenters. The molecule has 4 nitrogen and oxygen atoms in total. The Hall–Kier alpha value is -0.610. The van der Waals surface area contributed by atoms with Crippen LogP contribution in [0.3, 0.4) is 0 Å². The lowest BCUT2D eigenvalue weighted by Gasteiger charge is -2.38. The predicted molar refractivity (Wildman–Crippen MR) is 43.6 cm³/mol. The summed E-state index contributed by atoms with van der Waals surface area (Å²) in [5.74, 6) is 0.0439. The number of hydrogen-bond donors (Lipinski definition) is 1. The first-order chi connectivity index (χ1) is 5.76. The first-order valence-corrected chi connectivity index (χ1v) is 4.38. The van der Waals surface area contributed by atoms with Gasteiger partial charge in [0.25, 0.3) is 0 Å². The van der Waals surface area contributed by atoms with E-state index in [-0.39, 0.29) is 18.1 Å². The van der Waals surface area contributed by atoms with Gasteiger partial charge in [0, 0.05) is 19.5 Å². The Morgan fingerprint density at radius 1 is 1.58 bits per heavy atom. The van der Waals surface area contributed by atoms with Crippen molar-refractivity contribution in [2.75, 3.05) is 26.2 Å². The van der Waals surface area contributed by atoms with E-state index in [0.29, 0.717) is 0 Å². The number of carbonyl (C=O) groups excluding carboxylic acids is 1. The molecule has 0 saturated carbocycles. The lowest BCUT2D eigenvalue weighted by Crippen LogP contribution is -2.47. The molecule has 0 aromatic carbocycles. The van der Waals surface area contributed by atoms with Crippen LogP contribution in [0, 0.1) is 0 Å². The number of rotatable bonds is 1. The summed E-state index contributed by atoms with van der Waals surface area (Å²) in [7, 11) is 0. The summed E-state index contributed by atoms with van der Waals surface area (Å²) >= 11 is 0. The molecule has 2 N–H and O–H groups in total. The molecule has 0 aromatic heterocycles. The third kappa shape index (κ3) is 1.11. The van der Waals surface area contributed by atoms with Gasteiger partial charge in [0.15, 0.2) is 0 Å². The molecule has 2 aliphatic heterocycles. The second-order valence-electron chi connectivity index (χ2n) is 3.55. The van der Waals surface area contributed by atoms with Crippen LogP contribution in [0.15, 0.2) is 0 Å². The average molecular weight is 170 g/mol. The molecule has 1 amide bonds. The van der Waals surface area contributed by atoms with Crippen molar-refractivity contribution in [1.29, 1.82) is 0 Å². The highest BCUT2D eigenvalue weighted by atomic mass is 16.5. The number of hydrogen-bond acceptors (Lipinski definition) is 3. The van der Waals surface area contributed by atoms with Crippen molar-refractivity contribution in [1.82, 2.24) is 4.90 Å². The lowest BCUT2D eigenvalue weighted by molar-refractivity contribution is -0.145. The number of ether oxygens (including phenoxy) is 1. The monoisotopic (exact) mass is 170 g/mol. The SMILES string of the molecule is NCC(=O)N1CCC2(CCO2)C1. The van der Waals surface area contributed by atoms with E-state index in [2.05, 4.69) is 0 Å². The van der Waals surface area contributed by atoms with Gasteiger partial charge >= 0.3 is 0 Å². The van der Waals surface area contributed by atoms with Crippen LogP contribution in [0.1, 0.15) is 12.8 Å². The summed E-state index contributed by atoms with van der Waals surface area (Å²) in [4.78, 5) is 13.0. The summed E-state index contributed by atoms with van der Waals surface area (Å²) in [6.45, 7) is 2.54. The average Bonchev–Trinajstić information content (AvgIpc) is 2.46. The largest absolute Gasteiger partial charge is 0.373 e. The summed E-state index contributed by atoms with van der Waals surface area (Å²) in [5.41, 5.74) is 5.29. The molecule has 2 heterocycles. The van der Waals surface area contributed by atoms with E-state index in [1.165, 1.54) is 0 Å². The van der Waals surface area contributed by atoms with Gasteiger partial charge in [-0.2, -0.15) is 0 Å². The van der Waals surface area contributed by atoms with E-state index >= 15 is 0 Å². The van der Waals surface area contributed by atoms with E-state index in [4.69, 9.17) is 10.5 Å². The highest BCUT2D eigenvalue weighted by Crippen LogP contribution is 2.35. The second-order valence-corrected chi connectivity index (χ2v) is 3.55. The Balaban J connectivity index is 1.93. The Kier molecular flexibility index (Phi) is 1.81. The van der Waals surface area contributed by atoms with Gasteiger partial charge in [0.05, 0.1) is 18.8 Å². The van der Waals surface area contributed by atoms with Crippen LogP contribution in [0.4, 0.5) is 0 Å². The summed E-state index contributed by atoms with van der Waals surface area (Å²) in [6, 6.07) is 0. The molecule has 0 radical (unpaired) electrons. The molecule has 1 atom stereocenters. The molecule has 4 heteroatoms. The van der Waals surface area contributed by atoms with E-state index in [0.717, 1.165) is 32.5 Å². The molecule has 12 heavy (non-hydrogen) atoms. The van der Waals surface area contributed by atoms with Crippen molar-refractivity contribution in [3.8, 4) is 0 Å². The topological polar surface area (TPSA) is 55.6 Å². The van der Waals surface area contributed by atoms with Crippen LogP contribution in [-0.4, -0.2) is 42.6 Å². The zero-order chi connectivity index (χ0) is 8.60. The zero-order valence-corrected chi connectivity index (χ0v) is 7.08. The maximum absolute atomic E-state index is 11.2. The van der Waals surface area contributed by atoms with Crippen LogP contribution in [0.5, 0.6) is 0 Å². The van der Waals surface area contributed by atoms with Crippen molar-refractivity contribution in [2.45, 2.75) is 18.4 Å². The van der Waals surface area contributed by atoms with Gasteiger partial charge in [-0.3, -0.25) is 4.79 Å². The van der Waals surface area contributed by atoms with Crippen LogP contribution < -0.4 is 5.73 Å². The Labute approximate surface area is 71.7 Å². The second kappa shape index (κ2) is 2.71. The van der Waals surface area contributed by atoms with Crippen molar-refractivity contribution in [2.24, 2.45) is 5.73 Å². The minimum Gasteiger partial charge on any atom is -0.373 e.